The third kappa shape index (κ3) is 7.46. The van der Waals surface area contributed by atoms with Gasteiger partial charge in [-0.15, -0.1) is 0 Å². The monoisotopic (exact) mass is 337 g/mol. The Morgan fingerprint density at radius 1 is 1.21 bits per heavy atom. The van der Waals surface area contributed by atoms with Crippen LogP contribution in [0.2, 0.25) is 0 Å². The van der Waals surface area contributed by atoms with Crippen LogP contribution < -0.4 is 0 Å². The van der Waals surface area contributed by atoms with Gasteiger partial charge in [0.15, 0.2) is 0 Å². The molecule has 1 atom stereocenters. The number of benzene rings is 1. The Hall–Kier alpha value is -2.08. The molecule has 0 spiro atoms. The van der Waals surface area contributed by atoms with Gasteiger partial charge in [0.05, 0.1) is 6.61 Å². The van der Waals surface area contributed by atoms with E-state index in [0.717, 1.165) is 10.5 Å². The average molecular weight is 337 g/mol. The first-order valence-electron chi connectivity index (χ1n) is 8.01. The summed E-state index contributed by atoms with van der Waals surface area (Å²) in [7, 11) is 1.44. The van der Waals surface area contributed by atoms with Crippen LogP contribution in [0.1, 0.15) is 39.2 Å². The summed E-state index contributed by atoms with van der Waals surface area (Å²) in [5.74, 6) is -1.05. The minimum Gasteiger partial charge on any atom is -0.480 e. The van der Waals surface area contributed by atoms with E-state index in [9.17, 15) is 14.7 Å². The molecule has 6 heteroatoms. The molecule has 1 aromatic rings. The second kappa shape index (κ2) is 9.27. The number of carbonyl (C=O) groups is 2. The Morgan fingerprint density at radius 3 is 2.38 bits per heavy atom. The first-order chi connectivity index (χ1) is 11.2. The molecule has 1 rings (SSSR count). The molecule has 24 heavy (non-hydrogen) atoms. The van der Waals surface area contributed by atoms with Crippen LogP contribution in [0.25, 0.3) is 0 Å². The van der Waals surface area contributed by atoms with Crippen molar-refractivity contribution in [1.29, 1.82) is 0 Å². The van der Waals surface area contributed by atoms with Crippen molar-refractivity contribution in [2.24, 2.45) is 0 Å². The molecule has 0 saturated heterocycles. The number of nitrogens with zero attached hydrogens (tertiary/aromatic N) is 1. The van der Waals surface area contributed by atoms with E-state index < -0.39 is 23.7 Å². The van der Waals surface area contributed by atoms with E-state index in [2.05, 4.69) is 0 Å². The average Bonchev–Trinajstić information content (AvgIpc) is 2.49. The quantitative estimate of drug-likeness (QED) is 0.737. The molecule has 0 aromatic heterocycles. The van der Waals surface area contributed by atoms with Gasteiger partial charge in [0.25, 0.3) is 0 Å². The highest BCUT2D eigenvalue weighted by molar-refractivity contribution is 5.79. The maximum Gasteiger partial charge on any atom is 0.410 e. The molecule has 0 fully saturated rings. The fraction of sp³-hybridized carbons (Fsp3) is 0.556. The summed E-state index contributed by atoms with van der Waals surface area (Å²) in [6.45, 7) is 6.14. The summed E-state index contributed by atoms with van der Waals surface area (Å²) in [5, 5.41) is 9.34. The molecule has 0 radical (unpaired) electrons. The van der Waals surface area contributed by atoms with Gasteiger partial charge in [0.2, 0.25) is 0 Å². The van der Waals surface area contributed by atoms with E-state index in [1.807, 2.05) is 30.3 Å². The van der Waals surface area contributed by atoms with E-state index in [-0.39, 0.29) is 0 Å². The molecule has 0 aliphatic rings. The summed E-state index contributed by atoms with van der Waals surface area (Å²) >= 11 is 0. The van der Waals surface area contributed by atoms with Crippen molar-refractivity contribution >= 4 is 12.1 Å². The number of carboxylic acid groups (broad SMARTS) is 1. The van der Waals surface area contributed by atoms with Gasteiger partial charge >= 0.3 is 12.1 Å². The van der Waals surface area contributed by atoms with Crippen molar-refractivity contribution in [3.63, 3.8) is 0 Å². The highest BCUT2D eigenvalue weighted by atomic mass is 16.6. The lowest BCUT2D eigenvalue weighted by Crippen LogP contribution is -2.44. The van der Waals surface area contributed by atoms with Crippen LogP contribution in [-0.2, 0) is 20.9 Å². The first-order valence-corrected chi connectivity index (χ1v) is 8.01. The van der Waals surface area contributed by atoms with Crippen LogP contribution in [0.15, 0.2) is 30.3 Å². The number of hydrogen-bond acceptors (Lipinski definition) is 4. The fourth-order valence-corrected chi connectivity index (χ4v) is 2.09. The second-order valence-corrected chi connectivity index (χ2v) is 6.63. The van der Waals surface area contributed by atoms with Gasteiger partial charge in [-0.3, -0.25) is 4.90 Å². The molecular formula is C18H27NO5. The number of likely N-dealkylation sites (N-methyl/N-ethyl adjacent to an activating group) is 1. The van der Waals surface area contributed by atoms with Crippen LogP contribution in [-0.4, -0.2) is 47.4 Å². The fourth-order valence-electron chi connectivity index (χ4n) is 2.09. The predicted octanol–water partition coefficient (Wildman–Crippen LogP) is 3.30. The summed E-state index contributed by atoms with van der Waals surface area (Å²) < 4.78 is 10.8. The number of rotatable bonds is 8. The van der Waals surface area contributed by atoms with Crippen molar-refractivity contribution < 1.29 is 24.2 Å². The molecule has 0 saturated carbocycles. The van der Waals surface area contributed by atoms with E-state index in [4.69, 9.17) is 9.47 Å². The molecule has 1 amide bonds. The van der Waals surface area contributed by atoms with Crippen LogP contribution in [0.4, 0.5) is 4.79 Å². The van der Waals surface area contributed by atoms with E-state index in [0.29, 0.717) is 26.1 Å². The highest BCUT2D eigenvalue weighted by Gasteiger charge is 2.29. The molecule has 134 valence electrons. The van der Waals surface area contributed by atoms with Gasteiger partial charge < -0.3 is 14.6 Å². The third-order valence-electron chi connectivity index (χ3n) is 3.31. The molecule has 0 aliphatic carbocycles. The summed E-state index contributed by atoms with van der Waals surface area (Å²) in [6, 6.07) is 8.82. The predicted molar refractivity (Wildman–Crippen MR) is 90.8 cm³/mol. The van der Waals surface area contributed by atoms with Crippen molar-refractivity contribution in [3.05, 3.63) is 35.9 Å². The van der Waals surface area contributed by atoms with Gasteiger partial charge in [-0.25, -0.2) is 9.59 Å². The Bertz CT molecular complexity index is 524. The standard InChI is InChI=1S/C18H27NO5/c1-18(2,3)24-17(22)19(4)15(16(20)21)11-8-12-23-13-14-9-6-5-7-10-14/h5-7,9-10,15H,8,11-13H2,1-4H3,(H,20,21)/t15-/m0/s1. The van der Waals surface area contributed by atoms with Gasteiger partial charge in [0, 0.05) is 13.7 Å². The number of carboxylic acids is 1. The smallest absolute Gasteiger partial charge is 0.410 e. The van der Waals surface area contributed by atoms with Crippen LogP contribution in [0, 0.1) is 0 Å². The molecule has 0 heterocycles. The van der Waals surface area contributed by atoms with Crippen molar-refractivity contribution in [2.45, 2.75) is 51.9 Å². The Labute approximate surface area is 143 Å². The molecule has 6 nitrogen and oxygen atoms in total. The topological polar surface area (TPSA) is 76.1 Å². The van der Waals surface area contributed by atoms with Gasteiger partial charge in [-0.2, -0.15) is 0 Å². The lowest BCUT2D eigenvalue weighted by Gasteiger charge is -2.28. The maximum atomic E-state index is 12.0. The molecule has 0 unspecified atom stereocenters. The van der Waals surface area contributed by atoms with Gasteiger partial charge in [0.1, 0.15) is 11.6 Å². The normalized spacial score (nSPS) is 12.5. The van der Waals surface area contributed by atoms with Crippen LogP contribution in [0.3, 0.4) is 0 Å². The number of ether oxygens (including phenoxy) is 2. The third-order valence-corrected chi connectivity index (χ3v) is 3.31. The summed E-state index contributed by atoms with van der Waals surface area (Å²) in [5.41, 5.74) is 0.408. The highest BCUT2D eigenvalue weighted by Crippen LogP contribution is 2.13. The minimum atomic E-state index is -1.05. The van der Waals surface area contributed by atoms with E-state index >= 15 is 0 Å². The Balaban J connectivity index is 2.40. The molecule has 1 aromatic carbocycles. The summed E-state index contributed by atoms with van der Waals surface area (Å²) in [4.78, 5) is 24.5. The first kappa shape index (κ1) is 20.0. The number of hydrogen-bond donors (Lipinski definition) is 1. The van der Waals surface area contributed by atoms with E-state index in [1.165, 1.54) is 7.05 Å². The molecule has 0 aliphatic heterocycles. The van der Waals surface area contributed by atoms with Crippen molar-refractivity contribution in [2.75, 3.05) is 13.7 Å². The van der Waals surface area contributed by atoms with Crippen LogP contribution >= 0.6 is 0 Å². The zero-order chi connectivity index (χ0) is 18.2. The SMILES string of the molecule is CN(C(=O)OC(C)(C)C)[C@@H](CCCOCc1ccccc1)C(=O)O. The minimum absolute atomic E-state index is 0.305. The van der Waals surface area contributed by atoms with Gasteiger partial charge in [-0.05, 0) is 39.2 Å². The number of aliphatic carboxylic acids is 1. The number of carbonyl (C=O) groups excluding carboxylic acids is 1. The second-order valence-electron chi connectivity index (χ2n) is 6.63. The molecule has 0 bridgehead atoms. The Morgan fingerprint density at radius 2 is 1.83 bits per heavy atom. The van der Waals surface area contributed by atoms with Crippen molar-refractivity contribution in [3.8, 4) is 0 Å². The largest absolute Gasteiger partial charge is 0.480 e. The van der Waals surface area contributed by atoms with Gasteiger partial charge in [-0.1, -0.05) is 30.3 Å². The zero-order valence-electron chi connectivity index (χ0n) is 14.8. The van der Waals surface area contributed by atoms with Crippen molar-refractivity contribution in [1.82, 2.24) is 4.90 Å². The lowest BCUT2D eigenvalue weighted by molar-refractivity contribution is -0.143. The lowest BCUT2D eigenvalue weighted by atomic mass is 10.1. The number of amides is 1. The van der Waals surface area contributed by atoms with Crippen LogP contribution in [0.5, 0.6) is 0 Å². The maximum absolute atomic E-state index is 12.0. The summed E-state index contributed by atoms with van der Waals surface area (Å²) in [6.07, 6.45) is 0.205. The molecular weight excluding hydrogens is 310 g/mol. The van der Waals surface area contributed by atoms with E-state index in [1.54, 1.807) is 20.8 Å². The molecule has 1 N–H and O–H groups in total. The zero-order valence-corrected chi connectivity index (χ0v) is 14.8. The Kier molecular flexibility index (Phi) is 7.71.